The third kappa shape index (κ3) is 5.00. The summed E-state index contributed by atoms with van der Waals surface area (Å²) in [4.78, 5) is 43.8. The van der Waals surface area contributed by atoms with Crippen molar-refractivity contribution in [2.75, 3.05) is 21.2 Å². The van der Waals surface area contributed by atoms with Gasteiger partial charge < -0.3 is 34.1 Å². The molecule has 1 aromatic heterocycles. The van der Waals surface area contributed by atoms with Crippen molar-refractivity contribution in [3.05, 3.63) is 106 Å². The van der Waals surface area contributed by atoms with E-state index in [1.807, 2.05) is 60.7 Å². The lowest BCUT2D eigenvalue weighted by molar-refractivity contribution is -0.212. The van der Waals surface area contributed by atoms with E-state index in [0.717, 1.165) is 11.1 Å². The van der Waals surface area contributed by atoms with Crippen LogP contribution in [0.2, 0.25) is 0 Å². The first-order valence-corrected chi connectivity index (χ1v) is 16.4. The van der Waals surface area contributed by atoms with E-state index in [4.69, 9.17) is 18.7 Å². The molecule has 50 heavy (non-hydrogen) atoms. The largest absolute Gasteiger partial charge is 0.496 e. The fourth-order valence-electron chi connectivity index (χ4n) is 8.40. The van der Waals surface area contributed by atoms with Crippen molar-refractivity contribution in [3.63, 3.8) is 0 Å². The molecule has 1 fully saturated rings. The van der Waals surface area contributed by atoms with Crippen LogP contribution in [-0.4, -0.2) is 75.3 Å². The third-order valence-corrected chi connectivity index (χ3v) is 10.6. The molecule has 1 heterocycles. The van der Waals surface area contributed by atoms with E-state index in [-0.39, 0.29) is 65.9 Å². The van der Waals surface area contributed by atoms with E-state index in [0.29, 0.717) is 5.56 Å². The van der Waals surface area contributed by atoms with Crippen molar-refractivity contribution in [1.82, 2.24) is 10.1 Å². The number of Topliss-reactive ketones (excluding diaryl/α,β-unsaturated/α-hetero) is 2. The minimum absolute atomic E-state index is 0.0330. The normalized spacial score (nSPS) is 26.8. The lowest BCUT2D eigenvalue weighted by atomic mass is 9.48. The molecule has 2 unspecified atom stereocenters. The van der Waals surface area contributed by atoms with Crippen LogP contribution in [-0.2, 0) is 19.6 Å². The minimum atomic E-state index is -2.49. The number of carbonyl (C=O) groups is 3. The summed E-state index contributed by atoms with van der Waals surface area (Å²) in [6, 6.07) is 19.0. The Kier molecular flexibility index (Phi) is 8.28. The summed E-state index contributed by atoms with van der Waals surface area (Å²) in [5.41, 5.74) is -3.26. The van der Waals surface area contributed by atoms with Crippen LogP contribution in [0.15, 0.2) is 71.3 Å². The standard InChI is InChI=1S/C38H38N2O10/c1-37(45)29-22(15-23-26(47-4)17-24(36(43)44)32(27(23)31(29)41)48-18-20-11-7-5-8-12-20)16-25-30(40(2)3)33-28(34(42)38(25,37)46)35(39-50-33)49-19-21-13-9-6-10-14-21/h5-14,17,22,25,29-30,45-46H,15-16,18-19H2,1-4H3,(H,43,44)/t22-,25-,29?,30-,37?,38+/m0/s1. The molecule has 12 nitrogen and oxygen atoms in total. The van der Waals surface area contributed by atoms with Crippen molar-refractivity contribution in [2.24, 2.45) is 17.8 Å². The number of aromatic carboxylic acids is 1. The molecule has 3 N–H and O–H groups in total. The minimum Gasteiger partial charge on any atom is -0.496 e. The molecule has 0 saturated heterocycles. The van der Waals surface area contributed by atoms with Gasteiger partial charge in [-0.1, -0.05) is 60.7 Å². The first-order valence-electron chi connectivity index (χ1n) is 16.4. The Morgan fingerprint density at radius 3 is 2.18 bits per heavy atom. The fourth-order valence-corrected chi connectivity index (χ4v) is 8.40. The summed E-state index contributed by atoms with van der Waals surface area (Å²) < 4.78 is 23.4. The van der Waals surface area contributed by atoms with E-state index >= 15 is 0 Å². The molecule has 3 aliphatic rings. The number of fused-ring (bicyclic) bond motifs is 4. The van der Waals surface area contributed by atoms with Gasteiger partial charge in [-0.3, -0.25) is 14.5 Å². The molecule has 12 heteroatoms. The number of benzene rings is 3. The van der Waals surface area contributed by atoms with Gasteiger partial charge in [-0.05, 0) is 62.1 Å². The summed E-state index contributed by atoms with van der Waals surface area (Å²) >= 11 is 0. The highest BCUT2D eigenvalue weighted by molar-refractivity contribution is 6.11. The first-order chi connectivity index (χ1) is 23.9. The average Bonchev–Trinajstić information content (AvgIpc) is 3.51. The molecule has 1 saturated carbocycles. The second-order valence-electron chi connectivity index (χ2n) is 13.7. The fraction of sp³-hybridized carbons (Fsp3) is 0.368. The molecule has 3 aromatic carbocycles. The average molecular weight is 683 g/mol. The topological polar surface area (TPSA) is 169 Å². The molecular weight excluding hydrogens is 644 g/mol. The van der Waals surface area contributed by atoms with E-state index < -0.39 is 52.5 Å². The molecule has 7 rings (SSSR count). The number of ether oxygens (including phenoxy) is 3. The molecule has 0 aliphatic heterocycles. The number of rotatable bonds is 9. The predicted octanol–water partition coefficient (Wildman–Crippen LogP) is 4.51. The van der Waals surface area contributed by atoms with Gasteiger partial charge >= 0.3 is 5.97 Å². The van der Waals surface area contributed by atoms with Crippen LogP contribution in [0.1, 0.15) is 72.9 Å². The Morgan fingerprint density at radius 1 is 0.980 bits per heavy atom. The van der Waals surface area contributed by atoms with Gasteiger partial charge in [0.05, 0.1) is 24.6 Å². The Morgan fingerprint density at radius 2 is 1.60 bits per heavy atom. The van der Waals surface area contributed by atoms with Gasteiger partial charge in [0, 0.05) is 11.5 Å². The summed E-state index contributed by atoms with van der Waals surface area (Å²) in [6.07, 6.45) is 0.323. The number of carbonyl (C=O) groups excluding carboxylic acids is 2. The molecular formula is C38H38N2O10. The maximum atomic E-state index is 14.8. The number of ketones is 2. The highest BCUT2D eigenvalue weighted by Gasteiger charge is 2.72. The monoisotopic (exact) mass is 682 g/mol. The van der Waals surface area contributed by atoms with Crippen LogP contribution in [0, 0.1) is 17.8 Å². The van der Waals surface area contributed by atoms with Gasteiger partial charge in [0.15, 0.2) is 17.1 Å². The summed E-state index contributed by atoms with van der Waals surface area (Å²) in [5.74, 6) is -5.55. The molecule has 0 spiro atoms. The number of carboxylic acid groups (broad SMARTS) is 1. The van der Waals surface area contributed by atoms with E-state index in [1.54, 1.807) is 19.0 Å². The Labute approximate surface area is 288 Å². The number of aromatic nitrogens is 1. The van der Waals surface area contributed by atoms with Crippen LogP contribution in [0.5, 0.6) is 17.4 Å². The van der Waals surface area contributed by atoms with Crippen LogP contribution < -0.4 is 14.2 Å². The second-order valence-corrected chi connectivity index (χ2v) is 13.7. The van der Waals surface area contributed by atoms with E-state index in [9.17, 15) is 29.7 Å². The number of carboxylic acids is 1. The van der Waals surface area contributed by atoms with E-state index in [1.165, 1.54) is 20.1 Å². The van der Waals surface area contributed by atoms with Gasteiger partial charge in [-0.15, -0.1) is 0 Å². The smallest absolute Gasteiger partial charge is 0.339 e. The summed E-state index contributed by atoms with van der Waals surface area (Å²) in [6.45, 7) is 1.34. The highest BCUT2D eigenvalue weighted by Crippen LogP contribution is 2.61. The predicted molar refractivity (Wildman–Crippen MR) is 177 cm³/mol. The van der Waals surface area contributed by atoms with Crippen LogP contribution in [0.3, 0.4) is 0 Å². The van der Waals surface area contributed by atoms with Gasteiger partial charge in [-0.25, -0.2) is 4.79 Å². The van der Waals surface area contributed by atoms with Crippen molar-refractivity contribution in [2.45, 2.75) is 50.2 Å². The Balaban J connectivity index is 1.33. The zero-order chi connectivity index (χ0) is 35.5. The molecule has 3 aliphatic carbocycles. The number of nitrogens with zero attached hydrogens (tertiary/aromatic N) is 2. The summed E-state index contributed by atoms with van der Waals surface area (Å²) in [5, 5.41) is 39.6. The lowest BCUT2D eigenvalue weighted by Crippen LogP contribution is -2.74. The number of hydrogen-bond donors (Lipinski definition) is 3. The quantitative estimate of drug-likeness (QED) is 0.226. The maximum absolute atomic E-state index is 14.8. The van der Waals surface area contributed by atoms with Crippen LogP contribution in [0.4, 0.5) is 0 Å². The molecule has 6 atom stereocenters. The van der Waals surface area contributed by atoms with Crippen molar-refractivity contribution >= 4 is 17.5 Å². The van der Waals surface area contributed by atoms with Gasteiger partial charge in [0.2, 0.25) is 5.78 Å². The zero-order valence-electron chi connectivity index (χ0n) is 28.1. The van der Waals surface area contributed by atoms with Crippen molar-refractivity contribution in [1.29, 1.82) is 0 Å². The lowest BCUT2D eigenvalue weighted by Gasteiger charge is -2.59. The number of hydrogen-bond acceptors (Lipinski definition) is 11. The molecule has 0 bridgehead atoms. The zero-order valence-corrected chi connectivity index (χ0v) is 28.1. The van der Waals surface area contributed by atoms with Crippen molar-refractivity contribution in [3.8, 4) is 17.4 Å². The molecule has 260 valence electrons. The van der Waals surface area contributed by atoms with Gasteiger partial charge in [0.1, 0.15) is 41.4 Å². The second kappa shape index (κ2) is 12.4. The Bertz CT molecular complexity index is 1970. The van der Waals surface area contributed by atoms with Gasteiger partial charge in [-0.2, -0.15) is 0 Å². The summed E-state index contributed by atoms with van der Waals surface area (Å²) in [7, 11) is 4.93. The van der Waals surface area contributed by atoms with Crippen LogP contribution in [0.25, 0.3) is 0 Å². The number of aliphatic hydroxyl groups is 2. The molecule has 0 amide bonds. The molecule has 4 aromatic rings. The SMILES string of the molecule is COc1cc(C(=O)O)c(OCc2ccccc2)c2c1C[C@H]1C[C@H]3[C@H](N(C)C)c4onc(OCc5ccccc5)c4C(=O)[C@@]3(O)C(C)(O)C1C2=O. The number of methoxy groups -OCH3 is 1. The Hall–Kier alpha value is -5.04. The first kappa shape index (κ1) is 33.5. The van der Waals surface area contributed by atoms with Gasteiger partial charge in [0.25, 0.3) is 5.88 Å². The van der Waals surface area contributed by atoms with Crippen molar-refractivity contribution < 1.29 is 48.4 Å². The van der Waals surface area contributed by atoms with Crippen LogP contribution >= 0.6 is 0 Å². The maximum Gasteiger partial charge on any atom is 0.339 e. The molecule has 0 radical (unpaired) electrons. The highest BCUT2D eigenvalue weighted by atomic mass is 16.5. The third-order valence-electron chi connectivity index (χ3n) is 10.6. The van der Waals surface area contributed by atoms with E-state index in [2.05, 4.69) is 5.16 Å².